The van der Waals surface area contributed by atoms with Crippen molar-refractivity contribution in [1.82, 2.24) is 30.2 Å². The molecule has 2 saturated carbocycles. The monoisotopic (exact) mass is 490 g/mol. The molecule has 0 atom stereocenters. The smallest absolute Gasteiger partial charge is 0.321 e. The van der Waals surface area contributed by atoms with Crippen LogP contribution < -0.4 is 5.32 Å². The first-order valence-corrected chi connectivity index (χ1v) is 13.2. The SMILES string of the molecule is CN(C)[C@]1(c2ccccc2)CC[C@@]2(CC1)CN(CC(=O)NCc1ccnnc1)C(=O)N2CC1CCC1. The van der Waals surface area contributed by atoms with Crippen molar-refractivity contribution in [1.29, 1.82) is 0 Å². The van der Waals surface area contributed by atoms with E-state index in [1.165, 1.54) is 24.8 Å². The highest BCUT2D eigenvalue weighted by Gasteiger charge is 2.55. The molecular formula is C28H38N6O2. The normalized spacial score (nSPS) is 26.5. The van der Waals surface area contributed by atoms with Gasteiger partial charge in [-0.2, -0.15) is 10.2 Å². The highest BCUT2D eigenvalue weighted by molar-refractivity contribution is 5.86. The molecule has 1 aromatic carbocycles. The third-order valence-corrected chi connectivity index (χ3v) is 8.87. The number of nitrogens with one attached hydrogen (secondary N) is 1. The van der Waals surface area contributed by atoms with Gasteiger partial charge in [-0.05, 0) is 75.7 Å². The van der Waals surface area contributed by atoms with Crippen LogP contribution in [0.3, 0.4) is 0 Å². The van der Waals surface area contributed by atoms with Crippen LogP contribution in [0.4, 0.5) is 4.79 Å². The molecule has 3 amide bonds. The van der Waals surface area contributed by atoms with Crippen LogP contribution in [-0.4, -0.2) is 76.1 Å². The topological polar surface area (TPSA) is 81.7 Å². The summed E-state index contributed by atoms with van der Waals surface area (Å²) in [4.78, 5) is 32.8. The Morgan fingerprint density at radius 3 is 2.44 bits per heavy atom. The van der Waals surface area contributed by atoms with Crippen LogP contribution in [0.15, 0.2) is 48.8 Å². The fraction of sp³-hybridized carbons (Fsp3) is 0.571. The Bertz CT molecular complexity index is 1050. The zero-order valence-electron chi connectivity index (χ0n) is 21.5. The molecule has 1 aliphatic heterocycles. The van der Waals surface area contributed by atoms with Gasteiger partial charge in [0.1, 0.15) is 6.54 Å². The van der Waals surface area contributed by atoms with Crippen LogP contribution in [0, 0.1) is 5.92 Å². The van der Waals surface area contributed by atoms with Gasteiger partial charge in [0.2, 0.25) is 5.91 Å². The molecule has 8 nitrogen and oxygen atoms in total. The van der Waals surface area contributed by atoms with Crippen molar-refractivity contribution in [3.05, 3.63) is 59.9 Å². The van der Waals surface area contributed by atoms with Crippen molar-refractivity contribution in [2.75, 3.05) is 33.7 Å². The summed E-state index contributed by atoms with van der Waals surface area (Å²) in [5.41, 5.74) is 2.01. The number of amides is 3. The van der Waals surface area contributed by atoms with Gasteiger partial charge in [0.15, 0.2) is 0 Å². The number of aromatic nitrogens is 2. The maximum atomic E-state index is 13.7. The summed E-state index contributed by atoms with van der Waals surface area (Å²) >= 11 is 0. The molecule has 1 spiro atoms. The van der Waals surface area contributed by atoms with Crippen LogP contribution in [0.5, 0.6) is 0 Å². The molecule has 1 saturated heterocycles. The summed E-state index contributed by atoms with van der Waals surface area (Å²) < 4.78 is 0. The fourth-order valence-corrected chi connectivity index (χ4v) is 6.36. The Morgan fingerprint density at radius 2 is 1.83 bits per heavy atom. The third-order valence-electron chi connectivity index (χ3n) is 8.87. The molecule has 1 N–H and O–H groups in total. The quantitative estimate of drug-likeness (QED) is 0.613. The molecule has 2 aliphatic carbocycles. The summed E-state index contributed by atoms with van der Waals surface area (Å²) in [6, 6.07) is 12.6. The maximum Gasteiger partial charge on any atom is 0.321 e. The first kappa shape index (κ1) is 24.7. The molecule has 0 unspecified atom stereocenters. The van der Waals surface area contributed by atoms with Crippen molar-refractivity contribution in [2.24, 2.45) is 5.92 Å². The van der Waals surface area contributed by atoms with Crippen molar-refractivity contribution in [2.45, 2.75) is 62.6 Å². The maximum absolute atomic E-state index is 13.7. The Kier molecular flexibility index (Phi) is 6.97. The molecule has 8 heteroatoms. The zero-order chi connectivity index (χ0) is 25.2. The molecule has 2 aromatic rings. The highest BCUT2D eigenvalue weighted by atomic mass is 16.2. The minimum atomic E-state index is -0.198. The standard InChI is InChI=1S/C28H38N6O2/c1-32(2)28(24-9-4-3-5-10-24)14-12-27(13-15-28)21-33(26(36)34(27)19-22-7-6-8-22)20-25(35)29-17-23-11-16-30-31-18-23/h3-5,9-11,16,18,22H,6-8,12-15,17,19-21H2,1-2H3,(H,29,35)/t27-,28-. The van der Waals surface area contributed by atoms with Gasteiger partial charge in [-0.3, -0.25) is 9.69 Å². The van der Waals surface area contributed by atoms with E-state index in [9.17, 15) is 9.59 Å². The van der Waals surface area contributed by atoms with Crippen LogP contribution in [0.2, 0.25) is 0 Å². The van der Waals surface area contributed by atoms with Crippen molar-refractivity contribution < 1.29 is 9.59 Å². The Balaban J connectivity index is 1.30. The highest BCUT2D eigenvalue weighted by Crippen LogP contribution is 2.49. The van der Waals surface area contributed by atoms with Crippen molar-refractivity contribution >= 4 is 11.9 Å². The van der Waals surface area contributed by atoms with E-state index in [2.05, 4.69) is 69.7 Å². The molecule has 2 heterocycles. The largest absolute Gasteiger partial charge is 0.350 e. The van der Waals surface area contributed by atoms with Crippen LogP contribution in [0.1, 0.15) is 56.1 Å². The molecule has 36 heavy (non-hydrogen) atoms. The molecular weight excluding hydrogens is 452 g/mol. The first-order chi connectivity index (χ1) is 17.4. The van der Waals surface area contributed by atoms with Gasteiger partial charge in [-0.25, -0.2) is 4.79 Å². The van der Waals surface area contributed by atoms with Gasteiger partial charge in [-0.1, -0.05) is 36.8 Å². The van der Waals surface area contributed by atoms with Crippen molar-refractivity contribution in [3.63, 3.8) is 0 Å². The predicted molar refractivity (Wildman–Crippen MR) is 138 cm³/mol. The number of hydrogen-bond acceptors (Lipinski definition) is 5. The molecule has 5 rings (SSSR count). The Hall–Kier alpha value is -3.00. The minimum absolute atomic E-state index is 0.0267. The van der Waals surface area contributed by atoms with E-state index in [0.29, 0.717) is 19.0 Å². The number of carbonyl (C=O) groups is 2. The van der Waals surface area contributed by atoms with Crippen molar-refractivity contribution in [3.8, 4) is 0 Å². The van der Waals surface area contributed by atoms with E-state index < -0.39 is 0 Å². The number of carbonyl (C=O) groups excluding carboxylic acids is 2. The summed E-state index contributed by atoms with van der Waals surface area (Å²) in [6.45, 7) is 1.93. The van der Waals surface area contributed by atoms with Gasteiger partial charge in [0.25, 0.3) is 0 Å². The van der Waals surface area contributed by atoms with Crippen LogP contribution >= 0.6 is 0 Å². The first-order valence-electron chi connectivity index (χ1n) is 13.2. The number of nitrogens with zero attached hydrogens (tertiary/aromatic N) is 5. The number of hydrogen-bond donors (Lipinski definition) is 1. The second kappa shape index (κ2) is 10.2. The lowest BCUT2D eigenvalue weighted by Crippen LogP contribution is -2.56. The van der Waals surface area contributed by atoms with Gasteiger partial charge in [0, 0.05) is 31.4 Å². The number of benzene rings is 1. The number of rotatable bonds is 8. The van der Waals surface area contributed by atoms with Gasteiger partial charge in [0.05, 0.1) is 11.7 Å². The van der Waals surface area contributed by atoms with E-state index in [4.69, 9.17) is 0 Å². The average molecular weight is 491 g/mol. The van der Waals surface area contributed by atoms with E-state index in [0.717, 1.165) is 37.8 Å². The van der Waals surface area contributed by atoms with Gasteiger partial charge >= 0.3 is 6.03 Å². The summed E-state index contributed by atoms with van der Waals surface area (Å²) in [6.07, 6.45) is 10.8. The van der Waals surface area contributed by atoms with E-state index in [1.54, 1.807) is 17.3 Å². The summed E-state index contributed by atoms with van der Waals surface area (Å²) in [5, 5.41) is 10.6. The minimum Gasteiger partial charge on any atom is -0.350 e. The number of urea groups is 1. The van der Waals surface area contributed by atoms with Crippen LogP contribution in [0.25, 0.3) is 0 Å². The second-order valence-electron chi connectivity index (χ2n) is 11.1. The summed E-state index contributed by atoms with van der Waals surface area (Å²) in [7, 11) is 4.35. The van der Waals surface area contributed by atoms with Gasteiger partial charge < -0.3 is 15.1 Å². The Labute approximate surface area is 214 Å². The third kappa shape index (κ3) is 4.71. The lowest BCUT2D eigenvalue weighted by atomic mass is 9.68. The average Bonchev–Trinajstić information content (AvgIpc) is 3.11. The fourth-order valence-electron chi connectivity index (χ4n) is 6.36. The van der Waals surface area contributed by atoms with Crippen LogP contribution in [-0.2, 0) is 16.9 Å². The predicted octanol–water partition coefficient (Wildman–Crippen LogP) is 3.40. The van der Waals surface area contributed by atoms with E-state index >= 15 is 0 Å². The Morgan fingerprint density at radius 1 is 1.08 bits per heavy atom. The summed E-state index contributed by atoms with van der Waals surface area (Å²) in [5.74, 6) is 0.456. The van der Waals surface area contributed by atoms with E-state index in [-0.39, 0.29) is 29.6 Å². The van der Waals surface area contributed by atoms with E-state index in [1.807, 2.05) is 6.07 Å². The zero-order valence-corrected chi connectivity index (χ0v) is 21.5. The molecule has 0 bridgehead atoms. The lowest BCUT2D eigenvalue weighted by Gasteiger charge is -2.51. The molecule has 1 aromatic heterocycles. The van der Waals surface area contributed by atoms with Gasteiger partial charge in [-0.15, -0.1) is 0 Å². The molecule has 192 valence electrons. The second-order valence-corrected chi connectivity index (χ2v) is 11.1. The molecule has 3 fully saturated rings. The lowest BCUT2D eigenvalue weighted by molar-refractivity contribution is -0.121. The molecule has 0 radical (unpaired) electrons. The molecule has 3 aliphatic rings.